The molecule has 2 amide bonds. The number of aliphatic hydroxyl groups is 3. The third kappa shape index (κ3) is 16.0. The van der Waals surface area contributed by atoms with Crippen molar-refractivity contribution in [1.82, 2.24) is 10.2 Å². The van der Waals surface area contributed by atoms with Crippen LogP contribution in [-0.2, 0) is 19.0 Å². The fourth-order valence-electron chi connectivity index (χ4n) is 9.76. The maximum atomic E-state index is 14.2. The highest BCUT2D eigenvalue weighted by atomic mass is 16.7. The van der Waals surface area contributed by atoms with Crippen LogP contribution in [0, 0.1) is 17.8 Å². The van der Waals surface area contributed by atoms with Gasteiger partial charge in [0.15, 0.2) is 0 Å². The van der Waals surface area contributed by atoms with Gasteiger partial charge in [0.1, 0.15) is 23.1 Å². The van der Waals surface area contributed by atoms with Crippen LogP contribution in [0.1, 0.15) is 155 Å². The van der Waals surface area contributed by atoms with Gasteiger partial charge in [0.05, 0.1) is 44.7 Å². The highest BCUT2D eigenvalue weighted by molar-refractivity contribution is 6.03. The van der Waals surface area contributed by atoms with Crippen molar-refractivity contribution in [2.45, 2.75) is 167 Å². The summed E-state index contributed by atoms with van der Waals surface area (Å²) in [6.45, 7) is 14.8. The van der Waals surface area contributed by atoms with Crippen LogP contribution in [0.15, 0.2) is 47.7 Å². The van der Waals surface area contributed by atoms with E-state index in [1.807, 2.05) is 32.9 Å². The summed E-state index contributed by atoms with van der Waals surface area (Å²) in [5, 5.41) is 37.2. The topological polar surface area (TPSA) is 178 Å². The van der Waals surface area contributed by atoms with E-state index in [0.717, 1.165) is 56.1 Å². The first-order valence-electron chi connectivity index (χ1n) is 24.8. The number of nitrogens with one attached hydrogen (secondary N) is 1. The van der Waals surface area contributed by atoms with Crippen molar-refractivity contribution < 1.29 is 53.4 Å². The number of ether oxygens (including phenoxy) is 5. The molecule has 0 aromatic heterocycles. The molecular formula is C51H83N3O11. The lowest BCUT2D eigenvalue weighted by Gasteiger charge is -2.59. The van der Waals surface area contributed by atoms with Crippen LogP contribution >= 0.6 is 0 Å². The molecule has 6 unspecified atom stereocenters. The number of fused-ring (bicyclic) bond motifs is 2. The minimum absolute atomic E-state index is 0.0174. The Balaban J connectivity index is 1.80. The van der Waals surface area contributed by atoms with Gasteiger partial charge in [0.2, 0.25) is 5.79 Å². The number of hydrogen-bond acceptors (Lipinski definition) is 12. The van der Waals surface area contributed by atoms with Crippen molar-refractivity contribution >= 4 is 17.9 Å². The van der Waals surface area contributed by atoms with Crippen LogP contribution < -0.4 is 14.8 Å². The number of allylic oxidation sites excluding steroid dienone is 1. The minimum atomic E-state index is -1.50. The molecule has 3 aliphatic rings. The molecule has 1 saturated carbocycles. The first-order valence-corrected chi connectivity index (χ1v) is 24.8. The molecule has 14 nitrogen and oxygen atoms in total. The summed E-state index contributed by atoms with van der Waals surface area (Å²) < 4.78 is 31.7. The predicted molar refractivity (Wildman–Crippen MR) is 253 cm³/mol. The van der Waals surface area contributed by atoms with Crippen molar-refractivity contribution in [3.05, 3.63) is 48.1 Å². The Bertz CT molecular complexity index is 1650. The Morgan fingerprint density at radius 2 is 1.62 bits per heavy atom. The van der Waals surface area contributed by atoms with Gasteiger partial charge in [0.25, 0.3) is 0 Å². The summed E-state index contributed by atoms with van der Waals surface area (Å²) in [6.07, 6.45) is 19.5. The zero-order valence-electron chi connectivity index (χ0n) is 40.4. The molecule has 4 N–H and O–H groups in total. The molecular weight excluding hydrogens is 831 g/mol. The molecule has 1 aromatic carbocycles. The highest BCUT2D eigenvalue weighted by Crippen LogP contribution is 2.62. The Hall–Kier alpha value is -3.69. The average molecular weight is 914 g/mol. The number of aliphatic hydroxyl groups excluding tert-OH is 3. The van der Waals surface area contributed by atoms with Crippen LogP contribution in [0.2, 0.25) is 0 Å². The molecule has 65 heavy (non-hydrogen) atoms. The number of unbranched alkanes of at least 4 members (excludes halogenated alkanes) is 11. The normalized spacial score (nSPS) is 22.9. The van der Waals surface area contributed by atoms with Crippen molar-refractivity contribution in [3.8, 4) is 11.5 Å². The molecule has 368 valence electrons. The summed E-state index contributed by atoms with van der Waals surface area (Å²) in [4.78, 5) is 35.3. The first kappa shape index (κ1) is 53.9. The third-order valence-electron chi connectivity index (χ3n) is 12.7. The molecule has 14 heteroatoms. The number of carbonyl (C=O) groups excluding carboxylic acids is 2. The number of oxime groups is 1. The lowest BCUT2D eigenvalue weighted by molar-refractivity contribution is -0.256. The minimum Gasteiger partial charge on any atom is -0.459 e. The van der Waals surface area contributed by atoms with Crippen LogP contribution in [0.25, 0.3) is 0 Å². The highest BCUT2D eigenvalue weighted by Gasteiger charge is 2.65. The fourth-order valence-corrected chi connectivity index (χ4v) is 9.76. The smallest absolute Gasteiger partial charge is 0.412 e. The van der Waals surface area contributed by atoms with Crippen LogP contribution in [0.3, 0.4) is 0 Å². The van der Waals surface area contributed by atoms with Crippen molar-refractivity contribution in [2.24, 2.45) is 22.9 Å². The first-order chi connectivity index (χ1) is 31.5. The zero-order chi connectivity index (χ0) is 47.1. The van der Waals surface area contributed by atoms with Crippen LogP contribution in [-0.4, -0.2) is 115 Å². The second-order valence-corrected chi connectivity index (χ2v) is 18.7. The number of nitrogens with zero attached hydrogens (tertiary/aromatic N) is 2. The van der Waals surface area contributed by atoms with E-state index in [1.54, 1.807) is 24.0 Å². The number of carbonyl (C=O) groups is 2. The van der Waals surface area contributed by atoms with Gasteiger partial charge in [-0.1, -0.05) is 94.9 Å². The van der Waals surface area contributed by atoms with Gasteiger partial charge in [-0.05, 0) is 95.4 Å². The van der Waals surface area contributed by atoms with Crippen LogP contribution in [0.4, 0.5) is 9.59 Å². The molecule has 2 aliphatic carbocycles. The van der Waals surface area contributed by atoms with E-state index in [-0.39, 0.29) is 77.0 Å². The summed E-state index contributed by atoms with van der Waals surface area (Å²) in [5.41, 5.74) is 1.74. The quantitative estimate of drug-likeness (QED) is 0.0317. The monoisotopic (exact) mass is 914 g/mol. The molecule has 6 atom stereocenters. The number of rotatable bonds is 31. The van der Waals surface area contributed by atoms with Gasteiger partial charge in [-0.15, -0.1) is 6.58 Å². The van der Waals surface area contributed by atoms with Gasteiger partial charge >= 0.3 is 12.2 Å². The number of hydrogen-bond donors (Lipinski definition) is 4. The lowest BCUT2D eigenvalue weighted by atomic mass is 9.55. The van der Waals surface area contributed by atoms with Crippen molar-refractivity contribution in [3.63, 3.8) is 0 Å². The molecule has 4 rings (SSSR count). The van der Waals surface area contributed by atoms with Gasteiger partial charge in [-0.3, -0.25) is 4.90 Å². The van der Waals surface area contributed by atoms with E-state index in [0.29, 0.717) is 36.6 Å². The molecule has 0 bridgehead atoms. The Labute approximate surface area is 389 Å². The van der Waals surface area contributed by atoms with Crippen molar-refractivity contribution in [2.75, 3.05) is 59.3 Å². The van der Waals surface area contributed by atoms with E-state index < -0.39 is 35.5 Å². The van der Waals surface area contributed by atoms with Crippen molar-refractivity contribution in [1.29, 1.82) is 0 Å². The summed E-state index contributed by atoms with van der Waals surface area (Å²) in [6, 6.07) is 4.65. The van der Waals surface area contributed by atoms with E-state index in [9.17, 15) is 24.9 Å². The number of amides is 2. The second-order valence-electron chi connectivity index (χ2n) is 18.7. The van der Waals surface area contributed by atoms with Gasteiger partial charge in [-0.25, -0.2) is 9.59 Å². The molecule has 0 spiro atoms. The maximum Gasteiger partial charge on any atom is 0.412 e. The summed E-state index contributed by atoms with van der Waals surface area (Å²) >= 11 is 0. The van der Waals surface area contributed by atoms with Gasteiger partial charge in [0, 0.05) is 44.2 Å². The van der Waals surface area contributed by atoms with Gasteiger partial charge < -0.3 is 49.2 Å². The SMILES string of the molecule is C=CCOC12Oc3ccc(OC(=O)NCCCCCCCCCCCC)cc3C3C(CCCCO)C(CCCCO)C=C(C(=NOC(C)(C)C)CC1N(CCOCCO)C(=O)OCC)C32. The van der Waals surface area contributed by atoms with E-state index in [2.05, 4.69) is 24.9 Å². The largest absolute Gasteiger partial charge is 0.459 e. The Morgan fingerprint density at radius 3 is 2.26 bits per heavy atom. The summed E-state index contributed by atoms with van der Waals surface area (Å²) in [5.74, 6) is -1.44. The molecule has 1 aromatic rings. The molecule has 1 fully saturated rings. The van der Waals surface area contributed by atoms with E-state index >= 15 is 0 Å². The standard InChI is InChI=1S/C51H83N3O11/c1-7-10-11-12-13-14-15-16-17-20-27-52-48(58)63-39-25-26-44-42(36-39)46-40(24-19-22-30-56)38(23-18-21-29-55)35-41-43(53-65-50(4,5)6)37-45(51(64-44,47(41)46)62-32-8-2)54(49(59)61-9-3)28-33-60-34-31-57/h8,25-26,35-36,38,40,45-47,55-57H,2,7,9-24,27-34,37H2,1,3-6H3,(H,52,58). The van der Waals surface area contributed by atoms with Crippen LogP contribution in [0.5, 0.6) is 11.5 Å². The molecule has 0 saturated heterocycles. The third-order valence-corrected chi connectivity index (χ3v) is 12.7. The van der Waals surface area contributed by atoms with E-state index in [1.165, 1.54) is 44.9 Å². The maximum absolute atomic E-state index is 14.2. The number of benzene rings is 1. The Morgan fingerprint density at radius 1 is 0.923 bits per heavy atom. The van der Waals surface area contributed by atoms with E-state index in [4.69, 9.17) is 33.7 Å². The molecule has 0 radical (unpaired) electrons. The summed E-state index contributed by atoms with van der Waals surface area (Å²) in [7, 11) is 0. The predicted octanol–water partition coefficient (Wildman–Crippen LogP) is 9.60. The fraction of sp³-hybridized carbons (Fsp3) is 0.745. The zero-order valence-corrected chi connectivity index (χ0v) is 40.4. The Kier molecular flexibility index (Phi) is 23.6. The second kappa shape index (κ2) is 28.5. The van der Waals surface area contributed by atoms with Gasteiger partial charge in [-0.2, -0.15) is 0 Å². The lowest BCUT2D eigenvalue weighted by Crippen LogP contribution is -2.70. The average Bonchev–Trinajstić information content (AvgIpc) is 3.28. The molecule has 1 aliphatic heterocycles. The molecule has 1 heterocycles.